The van der Waals surface area contributed by atoms with Crippen molar-refractivity contribution in [1.29, 1.82) is 0 Å². The first-order valence-corrected chi connectivity index (χ1v) is 8.40. The molecule has 0 atom stereocenters. The van der Waals surface area contributed by atoms with Crippen LogP contribution in [-0.2, 0) is 13.1 Å². The number of hydrogen-bond donors (Lipinski definition) is 1. The number of rotatable bonds is 8. The van der Waals surface area contributed by atoms with E-state index in [0.29, 0.717) is 0 Å². The molecule has 0 aliphatic rings. The van der Waals surface area contributed by atoms with Crippen LogP contribution in [0.4, 0.5) is 0 Å². The Morgan fingerprint density at radius 1 is 1.04 bits per heavy atom. The van der Waals surface area contributed by atoms with Gasteiger partial charge in [0.05, 0.1) is 19.1 Å². The van der Waals surface area contributed by atoms with Crippen molar-refractivity contribution < 1.29 is 4.74 Å². The van der Waals surface area contributed by atoms with E-state index in [0.717, 1.165) is 43.3 Å². The van der Waals surface area contributed by atoms with Crippen LogP contribution in [-0.4, -0.2) is 54.1 Å². The van der Waals surface area contributed by atoms with E-state index in [1.807, 2.05) is 0 Å². The fraction of sp³-hybridized carbons (Fsp3) is 0.526. The van der Waals surface area contributed by atoms with Crippen molar-refractivity contribution in [1.82, 2.24) is 19.8 Å². The molecule has 5 heteroatoms. The first-order valence-electron chi connectivity index (χ1n) is 8.40. The maximum absolute atomic E-state index is 5.43. The van der Waals surface area contributed by atoms with Gasteiger partial charge in [0, 0.05) is 31.9 Å². The molecule has 1 aromatic heterocycles. The number of ether oxygens (including phenoxy) is 1. The van der Waals surface area contributed by atoms with Crippen molar-refractivity contribution >= 4 is 0 Å². The van der Waals surface area contributed by atoms with E-state index in [4.69, 9.17) is 4.74 Å². The van der Waals surface area contributed by atoms with E-state index in [2.05, 4.69) is 66.8 Å². The van der Waals surface area contributed by atoms with Crippen LogP contribution in [0.5, 0.6) is 5.75 Å². The van der Waals surface area contributed by atoms with Crippen molar-refractivity contribution in [3.05, 3.63) is 46.5 Å². The largest absolute Gasteiger partial charge is 0.496 e. The molecule has 1 N–H and O–H groups in total. The van der Waals surface area contributed by atoms with E-state index in [-0.39, 0.29) is 0 Å². The molecule has 0 bridgehead atoms. The summed E-state index contributed by atoms with van der Waals surface area (Å²) in [6, 6.07) is 4.38. The Kier molecular flexibility index (Phi) is 6.40. The smallest absolute Gasteiger partial charge is 0.122 e. The summed E-state index contributed by atoms with van der Waals surface area (Å²) in [4.78, 5) is 12.3. The minimum atomic E-state index is 0.855. The average molecular weight is 330 g/mol. The van der Waals surface area contributed by atoms with Crippen molar-refractivity contribution in [2.75, 3.05) is 34.3 Å². The minimum absolute atomic E-state index is 0.855. The van der Waals surface area contributed by atoms with Gasteiger partial charge in [-0.25, -0.2) is 4.98 Å². The fourth-order valence-electron chi connectivity index (χ4n) is 2.79. The van der Waals surface area contributed by atoms with Gasteiger partial charge in [-0.1, -0.05) is 6.07 Å². The molecule has 1 heterocycles. The number of aromatic nitrogens is 2. The maximum Gasteiger partial charge on any atom is 0.122 e. The third kappa shape index (κ3) is 4.82. The van der Waals surface area contributed by atoms with Crippen LogP contribution in [0.2, 0.25) is 0 Å². The molecule has 132 valence electrons. The molecular formula is C19H30N4O. The number of imidazole rings is 1. The summed E-state index contributed by atoms with van der Waals surface area (Å²) < 4.78 is 5.43. The SMILES string of the molecule is COc1cc(C)c(CN(CCN(C)C)Cc2nc[nH]c2C)cc1C. The number of H-pyrrole nitrogens is 1. The van der Waals surface area contributed by atoms with E-state index < -0.39 is 0 Å². The zero-order chi connectivity index (χ0) is 17.7. The standard InChI is InChI=1S/C19H30N4O/c1-14-10-19(24-6)15(2)9-17(14)11-23(8-7-22(4)5)12-18-16(3)20-13-21-18/h9-10,13H,7-8,11-12H2,1-6H3,(H,20,21). The Morgan fingerprint density at radius 2 is 1.79 bits per heavy atom. The summed E-state index contributed by atoms with van der Waals surface area (Å²) >= 11 is 0. The average Bonchev–Trinajstić information content (AvgIpc) is 2.93. The van der Waals surface area contributed by atoms with Gasteiger partial charge in [-0.05, 0) is 57.6 Å². The van der Waals surface area contributed by atoms with Crippen LogP contribution in [0.3, 0.4) is 0 Å². The summed E-state index contributed by atoms with van der Waals surface area (Å²) in [5.74, 6) is 0.958. The van der Waals surface area contributed by atoms with Crippen LogP contribution < -0.4 is 4.74 Å². The maximum atomic E-state index is 5.43. The molecule has 0 unspecified atom stereocenters. The molecular weight excluding hydrogens is 300 g/mol. The number of hydrogen-bond acceptors (Lipinski definition) is 4. The second-order valence-electron chi connectivity index (χ2n) is 6.74. The fourth-order valence-corrected chi connectivity index (χ4v) is 2.79. The first-order chi connectivity index (χ1) is 11.4. The van der Waals surface area contributed by atoms with Gasteiger partial charge in [-0.2, -0.15) is 0 Å². The molecule has 0 saturated heterocycles. The number of benzene rings is 1. The molecule has 1 aromatic carbocycles. The van der Waals surface area contributed by atoms with Gasteiger partial charge >= 0.3 is 0 Å². The number of likely N-dealkylation sites (N-methyl/N-ethyl adjacent to an activating group) is 1. The lowest BCUT2D eigenvalue weighted by atomic mass is 10.0. The third-order valence-corrected chi connectivity index (χ3v) is 4.42. The van der Waals surface area contributed by atoms with Crippen LogP contribution in [0.15, 0.2) is 18.5 Å². The lowest BCUT2D eigenvalue weighted by molar-refractivity contribution is 0.223. The molecule has 0 saturated carbocycles. The predicted octanol–water partition coefficient (Wildman–Crippen LogP) is 2.91. The summed E-state index contributed by atoms with van der Waals surface area (Å²) in [6.07, 6.45) is 1.78. The Bertz CT molecular complexity index is 663. The molecule has 24 heavy (non-hydrogen) atoms. The molecule has 0 amide bonds. The number of nitrogens with one attached hydrogen (secondary N) is 1. The lowest BCUT2D eigenvalue weighted by Gasteiger charge is -2.25. The van der Waals surface area contributed by atoms with Crippen molar-refractivity contribution in [2.24, 2.45) is 0 Å². The second-order valence-corrected chi connectivity index (χ2v) is 6.74. The van der Waals surface area contributed by atoms with Crippen LogP contribution in [0, 0.1) is 20.8 Å². The van der Waals surface area contributed by atoms with Crippen molar-refractivity contribution in [2.45, 2.75) is 33.9 Å². The third-order valence-electron chi connectivity index (χ3n) is 4.42. The van der Waals surface area contributed by atoms with Crippen LogP contribution >= 0.6 is 0 Å². The monoisotopic (exact) mass is 330 g/mol. The molecule has 2 rings (SSSR count). The van der Waals surface area contributed by atoms with Gasteiger partial charge in [0.15, 0.2) is 0 Å². The van der Waals surface area contributed by atoms with Gasteiger partial charge in [-0.3, -0.25) is 4.90 Å². The highest BCUT2D eigenvalue weighted by molar-refractivity contribution is 5.41. The Labute approximate surface area is 145 Å². The van der Waals surface area contributed by atoms with Crippen molar-refractivity contribution in [3.8, 4) is 5.75 Å². The van der Waals surface area contributed by atoms with Crippen LogP contribution in [0.25, 0.3) is 0 Å². The van der Waals surface area contributed by atoms with Gasteiger partial charge in [0.2, 0.25) is 0 Å². The second kappa shape index (κ2) is 8.31. The summed E-state index contributed by atoms with van der Waals surface area (Å²) in [5.41, 5.74) is 6.07. The summed E-state index contributed by atoms with van der Waals surface area (Å²) in [7, 11) is 5.95. The zero-order valence-corrected chi connectivity index (χ0v) is 15.8. The Morgan fingerprint density at radius 3 is 2.38 bits per heavy atom. The van der Waals surface area contributed by atoms with E-state index >= 15 is 0 Å². The molecule has 0 aliphatic heterocycles. The molecule has 5 nitrogen and oxygen atoms in total. The highest BCUT2D eigenvalue weighted by atomic mass is 16.5. The van der Waals surface area contributed by atoms with Gasteiger partial charge in [-0.15, -0.1) is 0 Å². The Hall–Kier alpha value is -1.85. The predicted molar refractivity (Wildman–Crippen MR) is 98.5 cm³/mol. The van der Waals surface area contributed by atoms with Crippen LogP contribution in [0.1, 0.15) is 28.1 Å². The van der Waals surface area contributed by atoms with E-state index in [1.165, 1.54) is 16.7 Å². The highest BCUT2D eigenvalue weighted by Crippen LogP contribution is 2.24. The van der Waals surface area contributed by atoms with E-state index in [9.17, 15) is 0 Å². The lowest BCUT2D eigenvalue weighted by Crippen LogP contribution is -2.31. The van der Waals surface area contributed by atoms with Gasteiger partial charge in [0.25, 0.3) is 0 Å². The van der Waals surface area contributed by atoms with E-state index in [1.54, 1.807) is 13.4 Å². The quantitative estimate of drug-likeness (QED) is 0.808. The number of aryl methyl sites for hydroxylation is 3. The highest BCUT2D eigenvalue weighted by Gasteiger charge is 2.13. The number of nitrogens with zero attached hydrogens (tertiary/aromatic N) is 3. The number of aromatic amines is 1. The van der Waals surface area contributed by atoms with Gasteiger partial charge < -0.3 is 14.6 Å². The molecule has 0 fully saturated rings. The minimum Gasteiger partial charge on any atom is -0.496 e. The normalized spacial score (nSPS) is 11.5. The van der Waals surface area contributed by atoms with Gasteiger partial charge in [0.1, 0.15) is 5.75 Å². The zero-order valence-electron chi connectivity index (χ0n) is 15.8. The Balaban J connectivity index is 2.18. The molecule has 2 aromatic rings. The molecule has 0 aliphatic carbocycles. The number of methoxy groups -OCH3 is 1. The summed E-state index contributed by atoms with van der Waals surface area (Å²) in [6.45, 7) is 10.1. The van der Waals surface area contributed by atoms with Crippen molar-refractivity contribution in [3.63, 3.8) is 0 Å². The molecule has 0 radical (unpaired) electrons. The first kappa shape index (κ1) is 18.5. The molecule has 0 spiro atoms. The summed E-state index contributed by atoms with van der Waals surface area (Å²) in [5, 5.41) is 0. The topological polar surface area (TPSA) is 44.4 Å².